The number of carbonyl (C=O) groups excluding carboxylic acids is 1. The standard InChI is InChI=1S/C16H12BrN3OS/c17-13-8-6-11(7-9-13)10-18-20-16-19-15(21)14(22-16)12-4-2-1-3-5-12/h1-10,14H,(H,19,20,21)/b18-10+/t14-/m0/s1. The summed E-state index contributed by atoms with van der Waals surface area (Å²) in [5, 5.41) is 11.1. The third-order valence-corrected chi connectivity index (χ3v) is 4.68. The minimum atomic E-state index is -0.261. The van der Waals surface area contributed by atoms with Crippen LogP contribution in [0, 0.1) is 0 Å². The fourth-order valence-electron chi connectivity index (χ4n) is 1.96. The second kappa shape index (κ2) is 6.89. The monoisotopic (exact) mass is 373 g/mol. The number of rotatable bonds is 3. The van der Waals surface area contributed by atoms with Crippen LogP contribution in [0.2, 0.25) is 0 Å². The van der Waals surface area contributed by atoms with Gasteiger partial charge in [0.15, 0.2) is 5.17 Å². The molecule has 0 bridgehead atoms. The van der Waals surface area contributed by atoms with Gasteiger partial charge in [-0.05, 0) is 23.3 Å². The molecule has 1 saturated heterocycles. The van der Waals surface area contributed by atoms with Crippen molar-refractivity contribution < 1.29 is 4.79 Å². The predicted molar refractivity (Wildman–Crippen MR) is 94.1 cm³/mol. The van der Waals surface area contributed by atoms with E-state index >= 15 is 0 Å². The lowest BCUT2D eigenvalue weighted by molar-refractivity contribution is -0.118. The molecular weight excluding hydrogens is 362 g/mol. The van der Waals surface area contributed by atoms with E-state index in [9.17, 15) is 4.79 Å². The van der Waals surface area contributed by atoms with E-state index in [1.165, 1.54) is 11.8 Å². The lowest BCUT2D eigenvalue weighted by Gasteiger charge is -2.03. The van der Waals surface area contributed by atoms with E-state index in [2.05, 4.69) is 31.4 Å². The van der Waals surface area contributed by atoms with Gasteiger partial charge in [-0.15, -0.1) is 5.10 Å². The number of thioether (sulfide) groups is 1. The molecule has 1 N–H and O–H groups in total. The quantitative estimate of drug-likeness (QED) is 0.657. The van der Waals surface area contributed by atoms with Crippen molar-refractivity contribution in [2.45, 2.75) is 5.25 Å². The summed E-state index contributed by atoms with van der Waals surface area (Å²) in [4.78, 5) is 12.0. The van der Waals surface area contributed by atoms with Crippen LogP contribution in [0.4, 0.5) is 0 Å². The molecule has 4 nitrogen and oxygen atoms in total. The average molecular weight is 374 g/mol. The maximum Gasteiger partial charge on any atom is 0.244 e. The van der Waals surface area contributed by atoms with Crippen molar-refractivity contribution in [1.29, 1.82) is 0 Å². The molecule has 2 aromatic rings. The molecule has 6 heteroatoms. The van der Waals surface area contributed by atoms with Gasteiger partial charge in [0.25, 0.3) is 0 Å². The number of hydrogen-bond acceptors (Lipinski definition) is 4. The summed E-state index contributed by atoms with van der Waals surface area (Å²) >= 11 is 4.76. The summed E-state index contributed by atoms with van der Waals surface area (Å²) in [7, 11) is 0. The molecule has 1 amide bonds. The topological polar surface area (TPSA) is 53.8 Å². The van der Waals surface area contributed by atoms with Crippen LogP contribution in [0.5, 0.6) is 0 Å². The van der Waals surface area contributed by atoms with Crippen molar-refractivity contribution in [3.05, 3.63) is 70.2 Å². The molecule has 0 unspecified atom stereocenters. The second-order valence-electron chi connectivity index (χ2n) is 4.60. The average Bonchev–Trinajstić information content (AvgIpc) is 2.91. The molecule has 3 rings (SSSR count). The number of amidine groups is 1. The molecule has 0 radical (unpaired) electrons. The van der Waals surface area contributed by atoms with Crippen LogP contribution in [-0.2, 0) is 4.79 Å². The first-order valence-corrected chi connectivity index (χ1v) is 8.29. The summed E-state index contributed by atoms with van der Waals surface area (Å²) in [5.41, 5.74) is 1.91. The van der Waals surface area contributed by atoms with Crippen LogP contribution in [0.15, 0.2) is 69.3 Å². The number of halogens is 1. The van der Waals surface area contributed by atoms with Gasteiger partial charge in [0, 0.05) is 4.47 Å². The summed E-state index contributed by atoms with van der Waals surface area (Å²) < 4.78 is 1.01. The Hall–Kier alpha value is -1.92. The maximum absolute atomic E-state index is 12.0. The molecular formula is C16H12BrN3OS. The van der Waals surface area contributed by atoms with Crippen molar-refractivity contribution in [2.75, 3.05) is 0 Å². The molecule has 1 fully saturated rings. The summed E-state index contributed by atoms with van der Waals surface area (Å²) in [5.74, 6) is -0.0613. The third-order valence-electron chi connectivity index (χ3n) is 3.03. The van der Waals surface area contributed by atoms with Crippen LogP contribution in [0.25, 0.3) is 0 Å². The van der Waals surface area contributed by atoms with Gasteiger partial charge in [-0.1, -0.05) is 70.2 Å². The zero-order valence-corrected chi connectivity index (χ0v) is 13.8. The van der Waals surface area contributed by atoms with Crippen LogP contribution in [0.1, 0.15) is 16.4 Å². The molecule has 22 heavy (non-hydrogen) atoms. The predicted octanol–water partition coefficient (Wildman–Crippen LogP) is 3.74. The summed E-state index contributed by atoms with van der Waals surface area (Å²) in [6.07, 6.45) is 1.65. The first-order chi connectivity index (χ1) is 10.7. The van der Waals surface area contributed by atoms with E-state index in [1.54, 1.807) is 6.21 Å². The second-order valence-corrected chi connectivity index (χ2v) is 6.61. The number of nitrogens with zero attached hydrogens (tertiary/aromatic N) is 2. The number of hydrogen-bond donors (Lipinski definition) is 1. The molecule has 0 saturated carbocycles. The highest BCUT2D eigenvalue weighted by atomic mass is 79.9. The Bertz CT molecular complexity index is 729. The van der Waals surface area contributed by atoms with Gasteiger partial charge in [-0.3, -0.25) is 4.79 Å². The van der Waals surface area contributed by atoms with Crippen LogP contribution in [0.3, 0.4) is 0 Å². The lowest BCUT2D eigenvalue weighted by Crippen LogP contribution is -2.21. The Morgan fingerprint density at radius 1 is 1.09 bits per heavy atom. The molecule has 1 heterocycles. The molecule has 2 aromatic carbocycles. The Balaban J connectivity index is 1.69. The van der Waals surface area contributed by atoms with Crippen molar-refractivity contribution >= 4 is 45.0 Å². The highest BCUT2D eigenvalue weighted by molar-refractivity contribution is 9.10. The zero-order valence-electron chi connectivity index (χ0n) is 11.4. The van der Waals surface area contributed by atoms with Crippen LogP contribution >= 0.6 is 27.7 Å². The number of benzene rings is 2. The molecule has 1 aliphatic heterocycles. The lowest BCUT2D eigenvalue weighted by atomic mass is 10.1. The Morgan fingerprint density at radius 2 is 1.82 bits per heavy atom. The van der Waals surface area contributed by atoms with Crippen molar-refractivity contribution in [2.24, 2.45) is 10.2 Å². The van der Waals surface area contributed by atoms with E-state index < -0.39 is 0 Å². The van der Waals surface area contributed by atoms with Gasteiger partial charge >= 0.3 is 0 Å². The minimum Gasteiger partial charge on any atom is -0.302 e. The number of nitrogens with one attached hydrogen (secondary N) is 1. The Labute approximate surface area is 140 Å². The maximum atomic E-state index is 12.0. The first-order valence-electron chi connectivity index (χ1n) is 6.61. The fourth-order valence-corrected chi connectivity index (χ4v) is 3.16. The van der Waals surface area contributed by atoms with Crippen molar-refractivity contribution in [3.8, 4) is 0 Å². The van der Waals surface area contributed by atoms with Crippen LogP contribution < -0.4 is 5.32 Å². The number of amides is 1. The molecule has 110 valence electrons. The minimum absolute atomic E-state index is 0.0613. The van der Waals surface area contributed by atoms with E-state index in [0.717, 1.165) is 15.6 Å². The molecule has 0 aliphatic carbocycles. The van der Waals surface area contributed by atoms with Gasteiger partial charge in [-0.2, -0.15) is 5.10 Å². The zero-order chi connectivity index (χ0) is 15.4. The van der Waals surface area contributed by atoms with Gasteiger partial charge in [0.2, 0.25) is 5.91 Å². The normalized spacial score (nSPS) is 19.8. The van der Waals surface area contributed by atoms with E-state index in [1.807, 2.05) is 54.6 Å². The fraction of sp³-hybridized carbons (Fsp3) is 0.0625. The number of carbonyl (C=O) groups is 1. The molecule has 0 spiro atoms. The Kier molecular flexibility index (Phi) is 4.70. The smallest absolute Gasteiger partial charge is 0.244 e. The molecule has 1 aliphatic rings. The molecule has 1 atom stereocenters. The van der Waals surface area contributed by atoms with Gasteiger partial charge in [-0.25, -0.2) is 0 Å². The van der Waals surface area contributed by atoms with E-state index in [-0.39, 0.29) is 11.2 Å². The van der Waals surface area contributed by atoms with Gasteiger partial charge in [0.05, 0.1) is 6.21 Å². The highest BCUT2D eigenvalue weighted by Gasteiger charge is 2.31. The van der Waals surface area contributed by atoms with Crippen molar-refractivity contribution in [3.63, 3.8) is 0 Å². The van der Waals surface area contributed by atoms with Crippen molar-refractivity contribution in [1.82, 2.24) is 5.32 Å². The summed E-state index contributed by atoms with van der Waals surface area (Å²) in [6.45, 7) is 0. The molecule has 0 aromatic heterocycles. The van der Waals surface area contributed by atoms with Crippen LogP contribution in [-0.4, -0.2) is 17.3 Å². The van der Waals surface area contributed by atoms with E-state index in [0.29, 0.717) is 5.17 Å². The SMILES string of the molecule is O=C1N/C(=N/N=C/c2ccc(Br)cc2)S[C@H]1c1ccccc1. The summed E-state index contributed by atoms with van der Waals surface area (Å²) in [6, 6.07) is 17.4. The van der Waals surface area contributed by atoms with E-state index in [4.69, 9.17) is 0 Å². The Morgan fingerprint density at radius 3 is 2.55 bits per heavy atom. The highest BCUT2D eigenvalue weighted by Crippen LogP contribution is 2.34. The largest absolute Gasteiger partial charge is 0.302 e. The van der Waals surface area contributed by atoms with Gasteiger partial charge in [0.1, 0.15) is 5.25 Å². The third kappa shape index (κ3) is 3.64. The van der Waals surface area contributed by atoms with Gasteiger partial charge < -0.3 is 5.32 Å². The first kappa shape index (κ1) is 15.0.